The van der Waals surface area contributed by atoms with Crippen LogP contribution in [-0.2, 0) is 14.8 Å². The Hall–Kier alpha value is -1.45. The predicted molar refractivity (Wildman–Crippen MR) is 98.2 cm³/mol. The molecule has 26 heavy (non-hydrogen) atoms. The van der Waals surface area contributed by atoms with Crippen LogP contribution in [0.3, 0.4) is 0 Å². The van der Waals surface area contributed by atoms with E-state index in [9.17, 15) is 13.2 Å². The summed E-state index contributed by atoms with van der Waals surface area (Å²) in [5, 5.41) is 6.49. The first-order valence-electron chi connectivity index (χ1n) is 9.16. The summed E-state index contributed by atoms with van der Waals surface area (Å²) in [5.74, 6) is 0.173. The van der Waals surface area contributed by atoms with Crippen LogP contribution in [0.25, 0.3) is 0 Å². The number of nitrogens with zero attached hydrogens (tertiary/aromatic N) is 2. The van der Waals surface area contributed by atoms with Crippen LogP contribution in [0.15, 0.2) is 9.42 Å². The molecule has 8 nitrogen and oxygen atoms in total. The Balaban J connectivity index is 1.83. The van der Waals surface area contributed by atoms with E-state index in [1.165, 1.54) is 33.1 Å². The van der Waals surface area contributed by atoms with E-state index in [1.54, 1.807) is 6.92 Å². The van der Waals surface area contributed by atoms with E-state index in [4.69, 9.17) is 4.52 Å². The molecule has 0 spiro atoms. The summed E-state index contributed by atoms with van der Waals surface area (Å²) in [4.78, 5) is 14.7. The summed E-state index contributed by atoms with van der Waals surface area (Å²) in [5.41, 5.74) is 0.276. The number of amides is 1. The van der Waals surface area contributed by atoms with Crippen molar-refractivity contribution < 1.29 is 17.7 Å². The van der Waals surface area contributed by atoms with Gasteiger partial charge in [0.1, 0.15) is 10.6 Å². The van der Waals surface area contributed by atoms with E-state index in [2.05, 4.69) is 27.0 Å². The molecule has 2 atom stereocenters. The number of hydrogen-bond donors (Lipinski definition) is 2. The second-order valence-electron chi connectivity index (χ2n) is 7.21. The molecule has 0 saturated carbocycles. The molecule has 9 heteroatoms. The highest BCUT2D eigenvalue weighted by atomic mass is 32.2. The monoisotopic (exact) mass is 386 g/mol. The van der Waals surface area contributed by atoms with Crippen LogP contribution in [0.5, 0.6) is 0 Å². The molecule has 2 N–H and O–H groups in total. The van der Waals surface area contributed by atoms with Gasteiger partial charge in [-0.05, 0) is 52.6 Å². The maximum atomic E-state index is 12.5. The lowest BCUT2D eigenvalue weighted by Gasteiger charge is -2.29. The first-order valence-corrected chi connectivity index (χ1v) is 10.6. The number of sulfonamides is 1. The molecule has 0 bridgehead atoms. The Morgan fingerprint density at radius 3 is 2.46 bits per heavy atom. The van der Waals surface area contributed by atoms with Gasteiger partial charge in [-0.1, -0.05) is 18.5 Å². The van der Waals surface area contributed by atoms with Gasteiger partial charge < -0.3 is 14.7 Å². The van der Waals surface area contributed by atoms with Gasteiger partial charge in [0.2, 0.25) is 15.9 Å². The number of hydrogen-bond acceptors (Lipinski definition) is 6. The van der Waals surface area contributed by atoms with Gasteiger partial charge in [-0.3, -0.25) is 4.79 Å². The van der Waals surface area contributed by atoms with Gasteiger partial charge in [0.15, 0.2) is 5.76 Å². The van der Waals surface area contributed by atoms with Crippen molar-refractivity contribution in [1.29, 1.82) is 0 Å². The zero-order valence-electron chi connectivity index (χ0n) is 16.0. The molecule has 1 aromatic heterocycles. The highest BCUT2D eigenvalue weighted by Crippen LogP contribution is 2.18. The van der Waals surface area contributed by atoms with Crippen molar-refractivity contribution >= 4 is 15.9 Å². The molecule has 1 unspecified atom stereocenters. The maximum absolute atomic E-state index is 12.5. The number of carbonyl (C=O) groups excluding carboxylic acids is 1. The Labute approximate surface area is 155 Å². The summed E-state index contributed by atoms with van der Waals surface area (Å²) in [6, 6.07) is -0.879. The van der Waals surface area contributed by atoms with Crippen molar-refractivity contribution in [1.82, 2.24) is 20.1 Å². The van der Waals surface area contributed by atoms with Gasteiger partial charge >= 0.3 is 0 Å². The molecule has 2 rings (SSSR count). The third kappa shape index (κ3) is 5.52. The van der Waals surface area contributed by atoms with Gasteiger partial charge in [0, 0.05) is 13.1 Å². The lowest BCUT2D eigenvalue weighted by atomic mass is 10.1. The van der Waals surface area contributed by atoms with E-state index in [-0.39, 0.29) is 22.3 Å². The molecule has 0 aromatic carbocycles. The average Bonchev–Trinajstić information content (AvgIpc) is 2.92. The highest BCUT2D eigenvalue weighted by molar-refractivity contribution is 7.89. The minimum Gasteiger partial charge on any atom is -0.360 e. The Morgan fingerprint density at radius 2 is 1.88 bits per heavy atom. The standard InChI is InChI=1S/C17H30N4O4S/c1-12(11-21-8-6-5-7-9-21)10-18-17(22)14(3)20-26(23,24)16-13(2)19-25-15(16)4/h12,14,20H,5-11H2,1-4H3,(H,18,22)/t12?,14-/m0/s1. The van der Waals surface area contributed by atoms with Crippen molar-refractivity contribution in [2.75, 3.05) is 26.2 Å². The van der Waals surface area contributed by atoms with Gasteiger partial charge in [0.25, 0.3) is 0 Å². The van der Waals surface area contributed by atoms with Gasteiger partial charge in [-0.2, -0.15) is 4.72 Å². The molecular weight excluding hydrogens is 356 g/mol. The molecule has 1 saturated heterocycles. The number of nitrogens with one attached hydrogen (secondary N) is 2. The van der Waals surface area contributed by atoms with Crippen LogP contribution in [0, 0.1) is 19.8 Å². The van der Waals surface area contributed by atoms with Crippen molar-refractivity contribution in [2.24, 2.45) is 5.92 Å². The number of piperidine rings is 1. The second-order valence-corrected chi connectivity index (χ2v) is 8.86. The molecule has 148 valence electrons. The second kappa shape index (κ2) is 8.96. The van der Waals surface area contributed by atoms with E-state index >= 15 is 0 Å². The minimum absolute atomic E-state index is 0.00406. The van der Waals surface area contributed by atoms with Gasteiger partial charge in [-0.25, -0.2) is 8.42 Å². The zero-order chi connectivity index (χ0) is 19.3. The molecule has 1 amide bonds. The van der Waals surface area contributed by atoms with E-state index < -0.39 is 16.1 Å². The first-order chi connectivity index (χ1) is 12.2. The fraction of sp³-hybridized carbons (Fsp3) is 0.765. The maximum Gasteiger partial charge on any atom is 0.246 e. The molecule has 1 aliphatic heterocycles. The average molecular weight is 387 g/mol. The molecule has 1 aliphatic rings. The van der Waals surface area contributed by atoms with Crippen LogP contribution in [0.4, 0.5) is 0 Å². The summed E-state index contributed by atoms with van der Waals surface area (Å²) in [7, 11) is -3.86. The fourth-order valence-electron chi connectivity index (χ4n) is 3.28. The largest absolute Gasteiger partial charge is 0.360 e. The van der Waals surface area contributed by atoms with Crippen LogP contribution < -0.4 is 10.0 Å². The molecular formula is C17H30N4O4S. The number of aryl methyl sites for hydroxylation is 2. The number of likely N-dealkylation sites (tertiary alicyclic amines) is 1. The van der Waals surface area contributed by atoms with Crippen LogP contribution in [0.2, 0.25) is 0 Å². The SMILES string of the molecule is Cc1noc(C)c1S(=O)(=O)N[C@@H](C)C(=O)NCC(C)CN1CCCCC1. The van der Waals surface area contributed by atoms with Crippen molar-refractivity contribution in [3.63, 3.8) is 0 Å². The molecule has 0 radical (unpaired) electrons. The summed E-state index contributed by atoms with van der Waals surface area (Å²) in [6.45, 7) is 10.4. The number of rotatable bonds is 8. The normalized spacial score (nSPS) is 18.5. The van der Waals surface area contributed by atoms with Crippen molar-refractivity contribution in [2.45, 2.75) is 57.9 Å². The van der Waals surface area contributed by atoms with E-state index in [1.807, 2.05) is 0 Å². The summed E-state index contributed by atoms with van der Waals surface area (Å²) in [6.07, 6.45) is 3.77. The Kier molecular flexibility index (Phi) is 7.19. The van der Waals surface area contributed by atoms with Crippen LogP contribution in [-0.4, -0.2) is 56.6 Å². The predicted octanol–water partition coefficient (Wildman–Crippen LogP) is 1.20. The molecule has 0 aliphatic carbocycles. The smallest absolute Gasteiger partial charge is 0.246 e. The van der Waals surface area contributed by atoms with E-state index in [0.29, 0.717) is 12.5 Å². The lowest BCUT2D eigenvalue weighted by molar-refractivity contribution is -0.122. The third-order valence-electron chi connectivity index (χ3n) is 4.61. The molecule has 1 aromatic rings. The fourth-order valence-corrected chi connectivity index (χ4v) is 4.81. The lowest BCUT2D eigenvalue weighted by Crippen LogP contribution is -2.46. The zero-order valence-corrected chi connectivity index (χ0v) is 16.9. The molecule has 2 heterocycles. The van der Waals surface area contributed by atoms with Gasteiger partial charge in [-0.15, -0.1) is 0 Å². The highest BCUT2D eigenvalue weighted by Gasteiger charge is 2.28. The van der Waals surface area contributed by atoms with Gasteiger partial charge in [0.05, 0.1) is 6.04 Å². The first kappa shape index (κ1) is 20.9. The molecule has 1 fully saturated rings. The summed E-state index contributed by atoms with van der Waals surface area (Å²) < 4.78 is 32.2. The topological polar surface area (TPSA) is 105 Å². The summed E-state index contributed by atoms with van der Waals surface area (Å²) >= 11 is 0. The van der Waals surface area contributed by atoms with Crippen molar-refractivity contribution in [3.05, 3.63) is 11.5 Å². The third-order valence-corrected chi connectivity index (χ3v) is 6.39. The van der Waals surface area contributed by atoms with Crippen LogP contribution in [0.1, 0.15) is 44.6 Å². The Morgan fingerprint density at radius 1 is 1.23 bits per heavy atom. The Bertz CT molecular complexity index is 691. The minimum atomic E-state index is -3.86. The number of carbonyl (C=O) groups is 1. The van der Waals surface area contributed by atoms with Crippen LogP contribution >= 0.6 is 0 Å². The van der Waals surface area contributed by atoms with E-state index in [0.717, 1.165) is 19.6 Å². The number of aromatic nitrogens is 1. The quantitative estimate of drug-likeness (QED) is 0.696. The van der Waals surface area contributed by atoms with Crippen molar-refractivity contribution in [3.8, 4) is 0 Å².